The number of aryl methyl sites for hydroxylation is 1. The molecule has 1 N–H and O–H groups in total. The number of nitrogens with zero attached hydrogens (tertiary/aromatic N) is 3. The molecule has 180 valence electrons. The first kappa shape index (κ1) is 23.9. The standard InChI is InChI=1S/C23H26N4O6S/c1-2-32-19-7-3-17(4-8-19)23-25-22(33-26-23)12-11-21(28)24-18-5-9-20(10-6-18)34(29,30)27-13-15-31-16-14-27/h3-10H,2,11-16H2,1H3,(H,24,28). The van der Waals surface area contributed by atoms with E-state index in [4.69, 9.17) is 14.0 Å². The summed E-state index contributed by atoms with van der Waals surface area (Å²) in [5.74, 6) is 1.31. The Morgan fingerprint density at radius 2 is 1.79 bits per heavy atom. The number of ether oxygens (including phenoxy) is 2. The van der Waals surface area contributed by atoms with Crippen LogP contribution in [0, 0.1) is 0 Å². The van der Waals surface area contributed by atoms with Crippen molar-refractivity contribution in [2.75, 3.05) is 38.2 Å². The van der Waals surface area contributed by atoms with Gasteiger partial charge in [-0.25, -0.2) is 8.42 Å². The van der Waals surface area contributed by atoms with Crippen LogP contribution in [0.1, 0.15) is 19.2 Å². The van der Waals surface area contributed by atoms with Crippen molar-refractivity contribution in [3.05, 3.63) is 54.4 Å². The number of carbonyl (C=O) groups excluding carboxylic acids is 1. The number of hydrogen-bond donors (Lipinski definition) is 1. The minimum absolute atomic E-state index is 0.138. The highest BCUT2D eigenvalue weighted by atomic mass is 32.2. The lowest BCUT2D eigenvalue weighted by atomic mass is 10.2. The average molecular weight is 487 g/mol. The summed E-state index contributed by atoms with van der Waals surface area (Å²) in [5.41, 5.74) is 1.29. The second-order valence-corrected chi connectivity index (χ2v) is 9.50. The number of hydrogen-bond acceptors (Lipinski definition) is 8. The first-order chi connectivity index (χ1) is 16.5. The molecule has 0 bridgehead atoms. The van der Waals surface area contributed by atoms with Crippen LogP contribution in [0.15, 0.2) is 57.9 Å². The summed E-state index contributed by atoms with van der Waals surface area (Å²) in [5, 5.41) is 6.72. The van der Waals surface area contributed by atoms with Gasteiger partial charge in [-0.1, -0.05) is 5.16 Å². The molecule has 1 aliphatic rings. The number of amides is 1. The minimum atomic E-state index is -3.57. The number of rotatable bonds is 9. The van der Waals surface area contributed by atoms with E-state index in [1.807, 2.05) is 31.2 Å². The van der Waals surface area contributed by atoms with Gasteiger partial charge in [-0.15, -0.1) is 0 Å². The maximum atomic E-state index is 12.7. The van der Waals surface area contributed by atoms with E-state index in [0.29, 0.717) is 50.3 Å². The van der Waals surface area contributed by atoms with Crippen LogP contribution < -0.4 is 10.1 Å². The quantitative estimate of drug-likeness (QED) is 0.490. The molecular formula is C23H26N4O6S. The predicted octanol–water partition coefficient (Wildman–Crippen LogP) is 2.73. The van der Waals surface area contributed by atoms with Crippen LogP contribution in [0.4, 0.5) is 5.69 Å². The average Bonchev–Trinajstić information content (AvgIpc) is 3.33. The fraction of sp³-hybridized carbons (Fsp3) is 0.348. The van der Waals surface area contributed by atoms with E-state index in [-0.39, 0.29) is 23.6 Å². The molecule has 0 radical (unpaired) electrons. The highest BCUT2D eigenvalue weighted by molar-refractivity contribution is 7.89. The first-order valence-electron chi connectivity index (χ1n) is 11.0. The van der Waals surface area contributed by atoms with Crippen LogP contribution in [0.3, 0.4) is 0 Å². The molecule has 4 rings (SSSR count). The van der Waals surface area contributed by atoms with E-state index in [0.717, 1.165) is 11.3 Å². The zero-order valence-corrected chi connectivity index (χ0v) is 19.6. The zero-order chi connectivity index (χ0) is 24.0. The Morgan fingerprint density at radius 1 is 1.09 bits per heavy atom. The maximum absolute atomic E-state index is 12.7. The summed E-state index contributed by atoms with van der Waals surface area (Å²) >= 11 is 0. The Labute approximate surface area is 197 Å². The van der Waals surface area contributed by atoms with Gasteiger partial charge in [0.15, 0.2) is 0 Å². The SMILES string of the molecule is CCOc1ccc(-c2noc(CCC(=O)Nc3ccc(S(=O)(=O)N4CCOCC4)cc3)n2)cc1. The number of nitrogens with one attached hydrogen (secondary N) is 1. The molecule has 0 atom stereocenters. The number of anilines is 1. The normalized spacial score (nSPS) is 14.6. The van der Waals surface area contributed by atoms with Gasteiger partial charge in [0.2, 0.25) is 27.6 Å². The third-order valence-corrected chi connectivity index (χ3v) is 7.12. The molecular weight excluding hydrogens is 460 g/mol. The van der Waals surface area contributed by atoms with E-state index in [2.05, 4.69) is 15.5 Å². The van der Waals surface area contributed by atoms with Gasteiger partial charge >= 0.3 is 0 Å². The van der Waals surface area contributed by atoms with Crippen molar-refractivity contribution in [2.45, 2.75) is 24.7 Å². The fourth-order valence-corrected chi connectivity index (χ4v) is 4.84. The Morgan fingerprint density at radius 3 is 2.47 bits per heavy atom. The molecule has 3 aromatic rings. The highest BCUT2D eigenvalue weighted by Gasteiger charge is 2.26. The van der Waals surface area contributed by atoms with E-state index in [1.54, 1.807) is 12.1 Å². The van der Waals surface area contributed by atoms with Gasteiger partial charge in [0, 0.05) is 37.2 Å². The molecule has 11 heteroatoms. The van der Waals surface area contributed by atoms with Gasteiger partial charge in [0.05, 0.1) is 24.7 Å². The topological polar surface area (TPSA) is 124 Å². The molecule has 10 nitrogen and oxygen atoms in total. The number of carbonyl (C=O) groups is 1. The van der Waals surface area contributed by atoms with E-state index < -0.39 is 10.0 Å². The Balaban J connectivity index is 1.29. The molecule has 2 heterocycles. The van der Waals surface area contributed by atoms with Crippen LogP contribution in [-0.2, 0) is 26.0 Å². The van der Waals surface area contributed by atoms with Gasteiger partial charge in [0.25, 0.3) is 0 Å². The molecule has 0 saturated carbocycles. The van der Waals surface area contributed by atoms with Crippen LogP contribution in [0.2, 0.25) is 0 Å². The summed E-state index contributed by atoms with van der Waals surface area (Å²) in [6.45, 7) is 3.94. The smallest absolute Gasteiger partial charge is 0.243 e. The molecule has 0 spiro atoms. The summed E-state index contributed by atoms with van der Waals surface area (Å²) in [7, 11) is -3.57. The molecule has 1 amide bonds. The summed E-state index contributed by atoms with van der Waals surface area (Å²) in [4.78, 5) is 16.9. The van der Waals surface area contributed by atoms with Crippen molar-refractivity contribution >= 4 is 21.6 Å². The number of sulfonamides is 1. The molecule has 2 aromatic carbocycles. The molecule has 0 unspecified atom stereocenters. The second kappa shape index (κ2) is 10.8. The third kappa shape index (κ3) is 5.79. The van der Waals surface area contributed by atoms with Gasteiger partial charge in [0.1, 0.15) is 5.75 Å². The number of aromatic nitrogens is 2. The molecule has 1 saturated heterocycles. The second-order valence-electron chi connectivity index (χ2n) is 7.56. The molecule has 0 aliphatic carbocycles. The number of benzene rings is 2. The van der Waals surface area contributed by atoms with Crippen molar-refractivity contribution in [2.24, 2.45) is 0 Å². The largest absolute Gasteiger partial charge is 0.494 e. The van der Waals surface area contributed by atoms with Crippen molar-refractivity contribution in [1.29, 1.82) is 0 Å². The third-order valence-electron chi connectivity index (χ3n) is 5.20. The van der Waals surface area contributed by atoms with Crippen LogP contribution >= 0.6 is 0 Å². The van der Waals surface area contributed by atoms with Crippen molar-refractivity contribution in [3.63, 3.8) is 0 Å². The monoisotopic (exact) mass is 486 g/mol. The summed E-state index contributed by atoms with van der Waals surface area (Å²) in [6.07, 6.45) is 0.415. The Bertz CT molecular complexity index is 1200. The maximum Gasteiger partial charge on any atom is 0.243 e. The van der Waals surface area contributed by atoms with Crippen molar-refractivity contribution in [3.8, 4) is 17.1 Å². The van der Waals surface area contributed by atoms with Crippen molar-refractivity contribution in [1.82, 2.24) is 14.4 Å². The summed E-state index contributed by atoms with van der Waals surface area (Å²) in [6, 6.07) is 13.5. The van der Waals surface area contributed by atoms with Gasteiger partial charge in [-0.05, 0) is 55.5 Å². The van der Waals surface area contributed by atoms with Crippen molar-refractivity contribution < 1.29 is 27.2 Å². The Hall–Kier alpha value is -3.28. The van der Waals surface area contributed by atoms with Gasteiger partial charge in [-0.2, -0.15) is 9.29 Å². The highest BCUT2D eigenvalue weighted by Crippen LogP contribution is 2.21. The fourth-order valence-electron chi connectivity index (χ4n) is 3.43. The Kier molecular flexibility index (Phi) is 7.56. The lowest BCUT2D eigenvalue weighted by Crippen LogP contribution is -2.40. The van der Waals surface area contributed by atoms with Crippen LogP contribution in [0.5, 0.6) is 5.75 Å². The van der Waals surface area contributed by atoms with Crippen LogP contribution in [-0.4, -0.2) is 61.7 Å². The molecule has 34 heavy (non-hydrogen) atoms. The molecule has 1 fully saturated rings. The lowest BCUT2D eigenvalue weighted by Gasteiger charge is -2.26. The van der Waals surface area contributed by atoms with E-state index in [9.17, 15) is 13.2 Å². The van der Waals surface area contributed by atoms with E-state index >= 15 is 0 Å². The zero-order valence-electron chi connectivity index (χ0n) is 18.8. The summed E-state index contributed by atoms with van der Waals surface area (Å²) < 4.78 is 42.7. The van der Waals surface area contributed by atoms with Gasteiger partial charge in [-0.3, -0.25) is 4.79 Å². The van der Waals surface area contributed by atoms with E-state index in [1.165, 1.54) is 16.4 Å². The predicted molar refractivity (Wildman–Crippen MR) is 124 cm³/mol. The minimum Gasteiger partial charge on any atom is -0.494 e. The number of morpholine rings is 1. The van der Waals surface area contributed by atoms with Gasteiger partial charge < -0.3 is 19.3 Å². The first-order valence-corrected chi connectivity index (χ1v) is 12.4. The molecule has 1 aromatic heterocycles. The lowest BCUT2D eigenvalue weighted by molar-refractivity contribution is -0.116. The van der Waals surface area contributed by atoms with Crippen LogP contribution in [0.25, 0.3) is 11.4 Å². The molecule has 1 aliphatic heterocycles.